The number of nitrogens with zero attached hydrogens (tertiary/aromatic N) is 1. The van der Waals surface area contributed by atoms with Crippen molar-refractivity contribution in [2.45, 2.75) is 31.8 Å². The first-order valence-electron chi connectivity index (χ1n) is 8.59. The molecular formula is C18H26N2O4. The van der Waals surface area contributed by atoms with Crippen molar-refractivity contribution in [2.75, 3.05) is 40.0 Å². The average molecular weight is 334 g/mol. The summed E-state index contributed by atoms with van der Waals surface area (Å²) in [5.41, 5.74) is 1.19. The topological polar surface area (TPSA) is 60.0 Å². The summed E-state index contributed by atoms with van der Waals surface area (Å²) in [7, 11) is 1.64. The summed E-state index contributed by atoms with van der Waals surface area (Å²) >= 11 is 0. The van der Waals surface area contributed by atoms with Crippen molar-refractivity contribution in [2.24, 2.45) is 0 Å². The summed E-state index contributed by atoms with van der Waals surface area (Å²) in [6.45, 7) is 5.01. The highest BCUT2D eigenvalue weighted by molar-refractivity contribution is 5.78. The third-order valence-electron chi connectivity index (χ3n) is 4.49. The minimum absolute atomic E-state index is 0.0258. The molecule has 6 nitrogen and oxygen atoms in total. The van der Waals surface area contributed by atoms with Gasteiger partial charge in [0.2, 0.25) is 5.91 Å². The molecule has 132 valence electrons. The van der Waals surface area contributed by atoms with Crippen LogP contribution >= 0.6 is 0 Å². The number of ether oxygens (including phenoxy) is 3. The summed E-state index contributed by atoms with van der Waals surface area (Å²) in [6.07, 6.45) is 2.15. The summed E-state index contributed by atoms with van der Waals surface area (Å²) in [4.78, 5) is 14.5. The molecule has 2 atom stereocenters. The van der Waals surface area contributed by atoms with E-state index >= 15 is 0 Å². The van der Waals surface area contributed by atoms with E-state index in [4.69, 9.17) is 14.2 Å². The number of hydrogen-bond donors (Lipinski definition) is 1. The lowest BCUT2D eigenvalue weighted by atomic mass is 10.0. The van der Waals surface area contributed by atoms with E-state index in [0.29, 0.717) is 26.4 Å². The minimum atomic E-state index is 0.0258. The molecule has 0 saturated carbocycles. The summed E-state index contributed by atoms with van der Waals surface area (Å²) < 4.78 is 16.3. The number of carbonyl (C=O) groups excluding carboxylic acids is 1. The third kappa shape index (κ3) is 3.99. The van der Waals surface area contributed by atoms with E-state index in [1.54, 1.807) is 7.11 Å². The van der Waals surface area contributed by atoms with Crippen molar-refractivity contribution < 1.29 is 19.0 Å². The molecule has 24 heavy (non-hydrogen) atoms. The first-order valence-corrected chi connectivity index (χ1v) is 8.59. The highest BCUT2D eigenvalue weighted by Gasteiger charge is 2.29. The zero-order chi connectivity index (χ0) is 16.9. The van der Waals surface area contributed by atoms with E-state index in [9.17, 15) is 4.79 Å². The number of nitrogens with one attached hydrogen (secondary N) is 1. The Hall–Kier alpha value is -1.79. The van der Waals surface area contributed by atoms with Crippen LogP contribution < -0.4 is 14.8 Å². The molecule has 3 rings (SSSR count). The first-order chi connectivity index (χ1) is 11.7. The Labute approximate surface area is 143 Å². The summed E-state index contributed by atoms with van der Waals surface area (Å²) in [6, 6.07) is 6.40. The number of fused-ring (bicyclic) bond motifs is 1. The number of benzene rings is 1. The fourth-order valence-corrected chi connectivity index (χ4v) is 3.46. The molecule has 0 bridgehead atoms. The van der Waals surface area contributed by atoms with Gasteiger partial charge in [-0.3, -0.25) is 9.69 Å². The second kappa shape index (κ2) is 7.85. The smallest absolute Gasteiger partial charge is 0.234 e. The first kappa shape index (κ1) is 17.0. The fraction of sp³-hybridized carbons (Fsp3) is 0.611. The Kier molecular flexibility index (Phi) is 5.58. The normalized spacial score (nSPS) is 21.5. The number of rotatable bonds is 6. The van der Waals surface area contributed by atoms with Gasteiger partial charge < -0.3 is 19.5 Å². The van der Waals surface area contributed by atoms with Gasteiger partial charge in [0.1, 0.15) is 13.2 Å². The molecule has 1 fully saturated rings. The van der Waals surface area contributed by atoms with E-state index in [0.717, 1.165) is 30.9 Å². The van der Waals surface area contributed by atoms with Crippen LogP contribution in [0.3, 0.4) is 0 Å². The zero-order valence-electron chi connectivity index (χ0n) is 14.4. The predicted octanol–water partition coefficient (Wildman–Crippen LogP) is 1.75. The van der Waals surface area contributed by atoms with Crippen LogP contribution in [0.1, 0.15) is 31.4 Å². The Morgan fingerprint density at radius 1 is 1.38 bits per heavy atom. The molecule has 1 aromatic rings. The van der Waals surface area contributed by atoms with Crippen LogP contribution in [0, 0.1) is 0 Å². The Morgan fingerprint density at radius 2 is 2.17 bits per heavy atom. The van der Waals surface area contributed by atoms with Gasteiger partial charge >= 0.3 is 0 Å². The molecule has 1 amide bonds. The molecule has 0 radical (unpaired) electrons. The van der Waals surface area contributed by atoms with Gasteiger partial charge in [0, 0.05) is 19.2 Å². The number of likely N-dealkylation sites (tertiary alicyclic amines) is 1. The van der Waals surface area contributed by atoms with Gasteiger partial charge in [0.25, 0.3) is 0 Å². The summed E-state index contributed by atoms with van der Waals surface area (Å²) in [5.74, 6) is 1.66. The van der Waals surface area contributed by atoms with Crippen molar-refractivity contribution in [1.82, 2.24) is 10.2 Å². The highest BCUT2D eigenvalue weighted by atomic mass is 16.6. The van der Waals surface area contributed by atoms with Crippen molar-refractivity contribution in [3.05, 3.63) is 23.8 Å². The van der Waals surface area contributed by atoms with Gasteiger partial charge in [-0.25, -0.2) is 0 Å². The molecule has 6 heteroatoms. The minimum Gasteiger partial charge on any atom is -0.486 e. The maximum atomic E-state index is 12.2. The van der Waals surface area contributed by atoms with Crippen LogP contribution in [0.2, 0.25) is 0 Å². The number of hydrogen-bond acceptors (Lipinski definition) is 5. The second-order valence-corrected chi connectivity index (χ2v) is 6.46. The largest absolute Gasteiger partial charge is 0.486 e. The molecule has 1 saturated heterocycles. The average Bonchev–Trinajstić information content (AvgIpc) is 3.02. The molecule has 2 heterocycles. The molecule has 2 aliphatic heterocycles. The second-order valence-electron chi connectivity index (χ2n) is 6.46. The van der Waals surface area contributed by atoms with Crippen molar-refractivity contribution in [1.29, 1.82) is 0 Å². The zero-order valence-corrected chi connectivity index (χ0v) is 14.4. The van der Waals surface area contributed by atoms with Crippen LogP contribution in [-0.2, 0) is 9.53 Å². The number of amides is 1. The Balaban J connectivity index is 1.64. The molecule has 1 N–H and O–H groups in total. The van der Waals surface area contributed by atoms with Crippen LogP contribution in [0.5, 0.6) is 11.5 Å². The van der Waals surface area contributed by atoms with Crippen LogP contribution in [0.15, 0.2) is 18.2 Å². The molecule has 0 aromatic heterocycles. The maximum Gasteiger partial charge on any atom is 0.234 e. The molecule has 1 aromatic carbocycles. The van der Waals surface area contributed by atoms with E-state index in [1.165, 1.54) is 5.56 Å². The number of carbonyl (C=O) groups is 1. The predicted molar refractivity (Wildman–Crippen MR) is 90.5 cm³/mol. The van der Waals surface area contributed by atoms with Gasteiger partial charge in [0.05, 0.1) is 13.2 Å². The fourth-order valence-electron chi connectivity index (χ4n) is 3.46. The lowest BCUT2D eigenvalue weighted by molar-refractivity contribution is -0.123. The molecule has 0 unspecified atom stereocenters. The van der Waals surface area contributed by atoms with E-state index in [1.807, 2.05) is 13.0 Å². The van der Waals surface area contributed by atoms with Crippen LogP contribution in [-0.4, -0.2) is 56.9 Å². The van der Waals surface area contributed by atoms with E-state index < -0.39 is 0 Å². The van der Waals surface area contributed by atoms with Crippen molar-refractivity contribution in [3.8, 4) is 11.5 Å². The summed E-state index contributed by atoms with van der Waals surface area (Å²) in [5, 5.41) is 2.98. The highest BCUT2D eigenvalue weighted by Crippen LogP contribution is 2.37. The quantitative estimate of drug-likeness (QED) is 0.859. The SMILES string of the molecule is COC[C@H](C)NC(=O)CN1CCC[C@H]1c1ccc2c(c1)OCCO2. The van der Waals surface area contributed by atoms with Gasteiger partial charge in [-0.2, -0.15) is 0 Å². The molecular weight excluding hydrogens is 308 g/mol. The van der Waals surface area contributed by atoms with Crippen LogP contribution in [0.4, 0.5) is 0 Å². The maximum absolute atomic E-state index is 12.2. The Bertz CT molecular complexity index is 578. The van der Waals surface area contributed by atoms with Gasteiger partial charge in [-0.15, -0.1) is 0 Å². The molecule has 0 aliphatic carbocycles. The monoisotopic (exact) mass is 334 g/mol. The molecule has 0 spiro atoms. The number of methoxy groups -OCH3 is 1. The van der Waals surface area contributed by atoms with Crippen molar-refractivity contribution >= 4 is 5.91 Å². The van der Waals surface area contributed by atoms with Gasteiger partial charge in [-0.1, -0.05) is 6.07 Å². The van der Waals surface area contributed by atoms with Crippen molar-refractivity contribution in [3.63, 3.8) is 0 Å². The third-order valence-corrected chi connectivity index (χ3v) is 4.49. The Morgan fingerprint density at radius 3 is 2.96 bits per heavy atom. The van der Waals surface area contributed by atoms with E-state index in [-0.39, 0.29) is 18.0 Å². The molecule has 2 aliphatic rings. The standard InChI is InChI=1S/C18H26N2O4/c1-13(12-22-2)19-18(21)11-20-7-3-4-15(20)14-5-6-16-17(10-14)24-9-8-23-16/h5-6,10,13,15H,3-4,7-9,11-12H2,1-2H3,(H,19,21)/t13-,15-/m0/s1. The van der Waals surface area contributed by atoms with Crippen LogP contribution in [0.25, 0.3) is 0 Å². The van der Waals surface area contributed by atoms with Gasteiger partial charge in [-0.05, 0) is 44.0 Å². The lowest BCUT2D eigenvalue weighted by Crippen LogP contribution is -2.42. The lowest BCUT2D eigenvalue weighted by Gasteiger charge is -2.26. The van der Waals surface area contributed by atoms with Gasteiger partial charge in [0.15, 0.2) is 11.5 Å². The van der Waals surface area contributed by atoms with E-state index in [2.05, 4.69) is 22.3 Å².